The lowest BCUT2D eigenvalue weighted by Crippen LogP contribution is -2.35. The van der Waals surface area contributed by atoms with Gasteiger partial charge in [0.2, 0.25) is 0 Å². The number of carbonyl (C=O) groups is 1. The quantitative estimate of drug-likeness (QED) is 0.329. The molecule has 1 aromatic carbocycles. The number of ether oxygens (including phenoxy) is 1. The Morgan fingerprint density at radius 3 is 2.38 bits per heavy atom. The van der Waals surface area contributed by atoms with Crippen molar-refractivity contribution in [2.24, 2.45) is 5.41 Å². The fourth-order valence-corrected chi connectivity index (χ4v) is 2.56. The Morgan fingerprint density at radius 2 is 1.92 bits per heavy atom. The second kappa shape index (κ2) is 7.74. The smallest absolute Gasteiger partial charge is 0.456 e. The molecule has 0 bridgehead atoms. The zero-order chi connectivity index (χ0) is 18.5. The van der Waals surface area contributed by atoms with Crippen molar-refractivity contribution in [2.45, 2.75) is 33.7 Å². The van der Waals surface area contributed by atoms with E-state index < -0.39 is 24.7 Å². The summed E-state index contributed by atoms with van der Waals surface area (Å²) in [6.45, 7) is 7.18. The fourth-order valence-electron chi connectivity index (χ4n) is 1.51. The molecule has 9 nitrogen and oxygen atoms in total. The van der Waals surface area contributed by atoms with Gasteiger partial charge in [-0.25, -0.2) is 4.57 Å². The molecule has 24 heavy (non-hydrogen) atoms. The van der Waals surface area contributed by atoms with Gasteiger partial charge in [-0.05, 0) is 24.5 Å². The van der Waals surface area contributed by atoms with Gasteiger partial charge in [0.15, 0.2) is 0 Å². The molecule has 1 aromatic rings. The SMILES string of the molecule is C[C@H](NP(=O)(O)Oc1ccc([N+](=O)[O-])cc1)C(=O)OCC(C)(C)C. The minimum atomic E-state index is -4.35. The summed E-state index contributed by atoms with van der Waals surface area (Å²) in [5.41, 5.74) is -0.407. The predicted molar refractivity (Wildman–Crippen MR) is 86.6 cm³/mol. The monoisotopic (exact) mass is 360 g/mol. The van der Waals surface area contributed by atoms with E-state index in [4.69, 9.17) is 9.26 Å². The van der Waals surface area contributed by atoms with E-state index in [9.17, 15) is 24.4 Å². The van der Waals surface area contributed by atoms with Crippen LogP contribution in [0.5, 0.6) is 5.75 Å². The summed E-state index contributed by atoms with van der Waals surface area (Å²) in [6, 6.07) is 3.57. The molecule has 0 amide bonds. The Balaban J connectivity index is 2.63. The van der Waals surface area contributed by atoms with Crippen molar-refractivity contribution in [3.63, 3.8) is 0 Å². The minimum absolute atomic E-state index is 0.0470. The zero-order valence-corrected chi connectivity index (χ0v) is 14.8. The van der Waals surface area contributed by atoms with Gasteiger partial charge in [-0.1, -0.05) is 20.8 Å². The molecule has 1 rings (SSSR count). The maximum absolute atomic E-state index is 12.0. The topological polar surface area (TPSA) is 128 Å². The third-order valence-electron chi connectivity index (χ3n) is 2.63. The number of carbonyl (C=O) groups excluding carboxylic acids is 1. The average molecular weight is 360 g/mol. The lowest BCUT2D eigenvalue weighted by atomic mass is 9.99. The van der Waals surface area contributed by atoms with Crippen molar-refractivity contribution >= 4 is 19.4 Å². The molecule has 134 valence electrons. The van der Waals surface area contributed by atoms with Gasteiger partial charge in [-0.15, -0.1) is 0 Å². The van der Waals surface area contributed by atoms with Crippen LogP contribution < -0.4 is 9.61 Å². The lowest BCUT2D eigenvalue weighted by Gasteiger charge is -2.21. The first-order chi connectivity index (χ1) is 10.9. The van der Waals surface area contributed by atoms with Gasteiger partial charge < -0.3 is 14.2 Å². The summed E-state index contributed by atoms with van der Waals surface area (Å²) in [4.78, 5) is 31.5. The molecule has 0 aromatic heterocycles. The van der Waals surface area contributed by atoms with E-state index in [2.05, 4.69) is 5.09 Å². The fraction of sp³-hybridized carbons (Fsp3) is 0.500. The lowest BCUT2D eigenvalue weighted by molar-refractivity contribution is -0.384. The minimum Gasteiger partial charge on any atom is -0.464 e. The Kier molecular flexibility index (Phi) is 6.48. The highest BCUT2D eigenvalue weighted by atomic mass is 31.2. The van der Waals surface area contributed by atoms with E-state index in [1.54, 1.807) is 0 Å². The first-order valence-corrected chi connectivity index (χ1v) is 8.69. The van der Waals surface area contributed by atoms with Crippen LogP contribution in [0.25, 0.3) is 0 Å². The van der Waals surface area contributed by atoms with Gasteiger partial charge in [0.05, 0.1) is 11.5 Å². The molecule has 0 aliphatic rings. The Bertz CT molecular complexity index is 640. The van der Waals surface area contributed by atoms with Crippen LogP contribution in [0.4, 0.5) is 5.69 Å². The van der Waals surface area contributed by atoms with Crippen molar-refractivity contribution in [3.8, 4) is 5.75 Å². The van der Waals surface area contributed by atoms with E-state index in [0.717, 1.165) is 12.1 Å². The largest absolute Gasteiger partial charge is 0.464 e. The van der Waals surface area contributed by atoms with E-state index in [-0.39, 0.29) is 23.5 Å². The summed E-state index contributed by atoms with van der Waals surface area (Å²) in [6.07, 6.45) is 0. The van der Waals surface area contributed by atoms with Gasteiger partial charge in [0.1, 0.15) is 11.8 Å². The van der Waals surface area contributed by atoms with Gasteiger partial charge in [-0.2, -0.15) is 5.09 Å². The van der Waals surface area contributed by atoms with E-state index in [0.29, 0.717) is 0 Å². The second-order valence-corrected chi connectivity index (χ2v) is 7.86. The van der Waals surface area contributed by atoms with Gasteiger partial charge in [0, 0.05) is 12.1 Å². The maximum atomic E-state index is 12.0. The van der Waals surface area contributed by atoms with Crippen LogP contribution in [-0.2, 0) is 14.1 Å². The van der Waals surface area contributed by atoms with Crippen LogP contribution in [-0.4, -0.2) is 28.4 Å². The summed E-state index contributed by atoms with van der Waals surface area (Å²) in [5.74, 6) is -0.735. The molecule has 0 fully saturated rings. The average Bonchev–Trinajstić information content (AvgIpc) is 2.43. The summed E-state index contributed by atoms with van der Waals surface area (Å²) in [7, 11) is -4.35. The predicted octanol–water partition coefficient (Wildman–Crippen LogP) is 2.64. The Morgan fingerprint density at radius 1 is 1.38 bits per heavy atom. The number of non-ortho nitro benzene ring substituents is 1. The Hall–Kier alpha value is -1.96. The van der Waals surface area contributed by atoms with Crippen molar-refractivity contribution in [2.75, 3.05) is 6.61 Å². The number of hydrogen-bond acceptors (Lipinski definition) is 6. The van der Waals surface area contributed by atoms with Gasteiger partial charge >= 0.3 is 13.7 Å². The molecule has 10 heteroatoms. The molecule has 0 radical (unpaired) electrons. The number of nitrogens with one attached hydrogen (secondary N) is 1. The molecular formula is C14H21N2O7P. The van der Waals surface area contributed by atoms with E-state index >= 15 is 0 Å². The maximum Gasteiger partial charge on any atom is 0.456 e. The summed E-state index contributed by atoms with van der Waals surface area (Å²) < 4.78 is 21.9. The summed E-state index contributed by atoms with van der Waals surface area (Å²) in [5, 5.41) is 12.7. The molecule has 0 aliphatic heterocycles. The molecule has 2 N–H and O–H groups in total. The highest BCUT2D eigenvalue weighted by Gasteiger charge is 2.29. The third-order valence-corrected chi connectivity index (χ3v) is 3.81. The van der Waals surface area contributed by atoms with E-state index in [1.165, 1.54) is 19.1 Å². The first-order valence-electron chi connectivity index (χ1n) is 7.11. The second-order valence-electron chi connectivity index (χ2n) is 6.38. The number of hydrogen-bond donors (Lipinski definition) is 2. The van der Waals surface area contributed by atoms with Crippen LogP contribution >= 0.6 is 7.75 Å². The molecule has 0 heterocycles. The molecule has 0 aliphatic carbocycles. The molecule has 1 unspecified atom stereocenters. The molecular weight excluding hydrogens is 339 g/mol. The van der Waals surface area contributed by atoms with Gasteiger partial charge in [0.25, 0.3) is 5.69 Å². The van der Waals surface area contributed by atoms with Crippen LogP contribution in [0.1, 0.15) is 27.7 Å². The number of rotatable bonds is 7. The Labute approximate surface area is 139 Å². The standard InChI is InChI=1S/C14H21N2O7P/c1-10(13(17)22-9-14(2,3)4)15-24(20,21)23-12-7-5-11(6-8-12)16(18)19/h5-8,10H,9H2,1-4H3,(H2,15,20,21)/t10-/m0/s1. The van der Waals surface area contributed by atoms with Crippen molar-refractivity contribution in [1.29, 1.82) is 0 Å². The normalized spacial score (nSPS) is 15.2. The number of nitro groups is 1. The highest BCUT2D eigenvalue weighted by Crippen LogP contribution is 2.39. The third kappa shape index (κ3) is 7.08. The van der Waals surface area contributed by atoms with Crippen molar-refractivity contribution in [3.05, 3.63) is 34.4 Å². The van der Waals surface area contributed by atoms with E-state index in [1.807, 2.05) is 20.8 Å². The molecule has 0 saturated heterocycles. The molecule has 2 atom stereocenters. The highest BCUT2D eigenvalue weighted by molar-refractivity contribution is 7.51. The summed E-state index contributed by atoms with van der Waals surface area (Å²) >= 11 is 0. The number of nitrogens with zero attached hydrogens (tertiary/aromatic N) is 1. The van der Waals surface area contributed by atoms with Crippen LogP contribution in [0.3, 0.4) is 0 Å². The molecule has 0 saturated carbocycles. The zero-order valence-electron chi connectivity index (χ0n) is 13.9. The van der Waals surface area contributed by atoms with Crippen LogP contribution in [0.15, 0.2) is 24.3 Å². The number of nitro benzene ring substituents is 1. The molecule has 0 spiro atoms. The van der Waals surface area contributed by atoms with Crippen LogP contribution in [0.2, 0.25) is 0 Å². The van der Waals surface area contributed by atoms with Crippen molar-refractivity contribution < 1.29 is 28.4 Å². The van der Waals surface area contributed by atoms with Crippen molar-refractivity contribution in [1.82, 2.24) is 5.09 Å². The first kappa shape index (κ1) is 20.1. The van der Waals surface area contributed by atoms with Crippen LogP contribution in [0, 0.1) is 15.5 Å². The number of benzene rings is 1. The van der Waals surface area contributed by atoms with Gasteiger partial charge in [-0.3, -0.25) is 14.9 Å². The number of esters is 1.